The zero-order chi connectivity index (χ0) is 6.57. The van der Waals surface area contributed by atoms with Gasteiger partial charge in [0.25, 0.3) is 0 Å². The molecule has 0 N–H and O–H groups in total. The lowest BCUT2D eigenvalue weighted by Gasteiger charge is -1.92. The monoisotopic (exact) mass is 112 g/mol. The summed E-state index contributed by atoms with van der Waals surface area (Å²) in [6, 6.07) is 0. The first-order valence-corrected chi connectivity index (χ1v) is 2.77. The average molecular weight is 112 g/mol. The lowest BCUT2D eigenvalue weighted by Crippen LogP contribution is -1.89. The molecule has 0 aromatic carbocycles. The molecule has 0 aliphatic heterocycles. The number of aldehydes is 1. The van der Waals surface area contributed by atoms with Crippen LogP contribution in [0.2, 0.25) is 0 Å². The normalized spacial score (nSPS) is 12.4. The molecule has 46 valence electrons. The zero-order valence-electron chi connectivity index (χ0n) is 5.64. The molecular formula is C7H12O. The Hall–Kier alpha value is -0.590. The summed E-state index contributed by atoms with van der Waals surface area (Å²) in [6.07, 6.45) is 2.88. The van der Waals surface area contributed by atoms with Gasteiger partial charge in [-0.1, -0.05) is 18.6 Å². The highest BCUT2D eigenvalue weighted by Crippen LogP contribution is 1.96. The van der Waals surface area contributed by atoms with Crippen molar-refractivity contribution in [2.75, 3.05) is 0 Å². The van der Waals surface area contributed by atoms with Gasteiger partial charge in [0.1, 0.15) is 6.29 Å². The van der Waals surface area contributed by atoms with Gasteiger partial charge in [-0.2, -0.15) is 0 Å². The molecule has 0 saturated heterocycles. The highest BCUT2D eigenvalue weighted by atomic mass is 16.1. The molecule has 0 bridgehead atoms. The molecule has 0 heterocycles. The molecule has 0 amide bonds. The van der Waals surface area contributed by atoms with Crippen molar-refractivity contribution >= 4 is 6.29 Å². The van der Waals surface area contributed by atoms with Gasteiger partial charge in [0.15, 0.2) is 0 Å². The second kappa shape index (κ2) is 3.42. The third kappa shape index (κ3) is 3.59. The Kier molecular flexibility index (Phi) is 3.16. The van der Waals surface area contributed by atoms with Crippen LogP contribution in [0.5, 0.6) is 0 Å². The van der Waals surface area contributed by atoms with E-state index in [1.165, 1.54) is 5.57 Å². The fraction of sp³-hybridized carbons (Fsp3) is 0.571. The largest absolute Gasteiger partial charge is 0.303 e. The van der Waals surface area contributed by atoms with Gasteiger partial charge in [-0.25, -0.2) is 0 Å². The molecule has 0 spiro atoms. The Morgan fingerprint density at radius 1 is 1.50 bits per heavy atom. The molecule has 0 unspecified atom stereocenters. The molecule has 0 fully saturated rings. The van der Waals surface area contributed by atoms with Crippen molar-refractivity contribution in [2.45, 2.75) is 20.8 Å². The number of hydrogen-bond acceptors (Lipinski definition) is 1. The summed E-state index contributed by atoms with van der Waals surface area (Å²) in [5.74, 6) is 0.0833. The molecule has 1 heteroatoms. The van der Waals surface area contributed by atoms with E-state index >= 15 is 0 Å². The number of allylic oxidation sites excluding steroid dienone is 2. The van der Waals surface area contributed by atoms with Gasteiger partial charge in [0.2, 0.25) is 0 Å². The van der Waals surface area contributed by atoms with Crippen LogP contribution in [0.15, 0.2) is 11.6 Å². The van der Waals surface area contributed by atoms with E-state index in [9.17, 15) is 4.79 Å². The van der Waals surface area contributed by atoms with Crippen molar-refractivity contribution in [1.82, 2.24) is 0 Å². The predicted molar refractivity (Wildman–Crippen MR) is 34.7 cm³/mol. The minimum atomic E-state index is 0.0833. The summed E-state index contributed by atoms with van der Waals surface area (Å²) < 4.78 is 0. The maximum absolute atomic E-state index is 10.00. The van der Waals surface area contributed by atoms with E-state index in [1.54, 1.807) is 0 Å². The van der Waals surface area contributed by atoms with E-state index < -0.39 is 0 Å². The summed E-state index contributed by atoms with van der Waals surface area (Å²) in [6.45, 7) is 5.85. The fourth-order valence-electron chi connectivity index (χ4n) is 0.565. The average Bonchev–Trinajstić information content (AvgIpc) is 1.65. The van der Waals surface area contributed by atoms with Crippen LogP contribution in [0.1, 0.15) is 20.8 Å². The lowest BCUT2D eigenvalue weighted by atomic mass is 10.1. The summed E-state index contributed by atoms with van der Waals surface area (Å²) in [7, 11) is 0. The Bertz CT molecular complexity index is 99.0. The van der Waals surface area contributed by atoms with Crippen LogP contribution in [0.3, 0.4) is 0 Å². The van der Waals surface area contributed by atoms with Crippen LogP contribution in [0.4, 0.5) is 0 Å². The van der Waals surface area contributed by atoms with Crippen LogP contribution in [-0.4, -0.2) is 6.29 Å². The van der Waals surface area contributed by atoms with E-state index in [2.05, 4.69) is 0 Å². The van der Waals surface area contributed by atoms with Crippen LogP contribution < -0.4 is 0 Å². The molecule has 0 aromatic rings. The van der Waals surface area contributed by atoms with Gasteiger partial charge in [0, 0.05) is 5.92 Å². The Morgan fingerprint density at radius 3 is 2.12 bits per heavy atom. The minimum absolute atomic E-state index is 0.0833. The highest BCUT2D eigenvalue weighted by Gasteiger charge is 1.90. The molecule has 1 atom stereocenters. The number of carbonyl (C=O) groups excluding carboxylic acids is 1. The Morgan fingerprint density at radius 2 is 2.00 bits per heavy atom. The lowest BCUT2D eigenvalue weighted by molar-refractivity contribution is -0.109. The summed E-state index contributed by atoms with van der Waals surface area (Å²) in [5, 5.41) is 0. The van der Waals surface area contributed by atoms with Gasteiger partial charge in [-0.05, 0) is 13.8 Å². The van der Waals surface area contributed by atoms with Gasteiger partial charge in [-0.3, -0.25) is 0 Å². The molecule has 0 aliphatic carbocycles. The maximum atomic E-state index is 10.00. The van der Waals surface area contributed by atoms with Crippen molar-refractivity contribution in [2.24, 2.45) is 5.92 Å². The first kappa shape index (κ1) is 7.41. The van der Waals surface area contributed by atoms with Gasteiger partial charge < -0.3 is 4.79 Å². The van der Waals surface area contributed by atoms with E-state index in [-0.39, 0.29) is 5.92 Å². The second-order valence-electron chi connectivity index (χ2n) is 2.24. The van der Waals surface area contributed by atoms with E-state index in [0.29, 0.717) is 0 Å². The summed E-state index contributed by atoms with van der Waals surface area (Å²) in [4.78, 5) is 10.00. The van der Waals surface area contributed by atoms with Crippen molar-refractivity contribution in [3.63, 3.8) is 0 Å². The number of hydrogen-bond donors (Lipinski definition) is 0. The third-order valence-corrected chi connectivity index (χ3v) is 0.811. The molecule has 0 radical (unpaired) electrons. The maximum Gasteiger partial charge on any atom is 0.126 e. The molecule has 0 aromatic heterocycles. The smallest absolute Gasteiger partial charge is 0.126 e. The van der Waals surface area contributed by atoms with Gasteiger partial charge >= 0.3 is 0 Å². The molecule has 0 saturated carbocycles. The molecule has 0 aliphatic rings. The standard InChI is InChI=1S/C7H12O/c1-6(2)4-7(3)5-8/h4-5,7H,1-3H3/t7-/m1/s1. The second-order valence-corrected chi connectivity index (χ2v) is 2.24. The first-order chi connectivity index (χ1) is 3.66. The summed E-state index contributed by atoms with van der Waals surface area (Å²) in [5.41, 5.74) is 1.20. The van der Waals surface area contributed by atoms with E-state index in [1.807, 2.05) is 26.8 Å². The van der Waals surface area contributed by atoms with E-state index in [0.717, 1.165) is 6.29 Å². The van der Waals surface area contributed by atoms with Crippen LogP contribution >= 0.6 is 0 Å². The topological polar surface area (TPSA) is 17.1 Å². The first-order valence-electron chi connectivity index (χ1n) is 2.77. The van der Waals surface area contributed by atoms with Crippen LogP contribution in [0.25, 0.3) is 0 Å². The Balaban J connectivity index is 3.68. The number of rotatable bonds is 2. The molecule has 0 rings (SSSR count). The van der Waals surface area contributed by atoms with Gasteiger partial charge in [0.05, 0.1) is 0 Å². The van der Waals surface area contributed by atoms with Crippen molar-refractivity contribution in [3.8, 4) is 0 Å². The molecule has 1 nitrogen and oxygen atoms in total. The minimum Gasteiger partial charge on any atom is -0.303 e. The predicted octanol–water partition coefficient (Wildman–Crippen LogP) is 1.79. The van der Waals surface area contributed by atoms with E-state index in [4.69, 9.17) is 0 Å². The summed E-state index contributed by atoms with van der Waals surface area (Å²) >= 11 is 0. The van der Waals surface area contributed by atoms with Crippen LogP contribution in [0, 0.1) is 5.92 Å². The van der Waals surface area contributed by atoms with Gasteiger partial charge in [-0.15, -0.1) is 0 Å². The van der Waals surface area contributed by atoms with Crippen molar-refractivity contribution in [1.29, 1.82) is 0 Å². The van der Waals surface area contributed by atoms with Crippen molar-refractivity contribution < 1.29 is 4.79 Å². The zero-order valence-corrected chi connectivity index (χ0v) is 5.64. The SMILES string of the molecule is CC(C)=C[C@@H](C)C=O. The molecular weight excluding hydrogens is 100 g/mol. The third-order valence-electron chi connectivity index (χ3n) is 0.811. The number of carbonyl (C=O) groups is 1. The Labute approximate surface area is 50.4 Å². The highest BCUT2D eigenvalue weighted by molar-refractivity contribution is 5.55. The van der Waals surface area contributed by atoms with Crippen molar-refractivity contribution in [3.05, 3.63) is 11.6 Å². The molecule has 8 heavy (non-hydrogen) atoms. The van der Waals surface area contributed by atoms with Crippen LogP contribution in [-0.2, 0) is 4.79 Å². The quantitative estimate of drug-likeness (QED) is 0.393. The fourth-order valence-corrected chi connectivity index (χ4v) is 0.565.